The molecule has 102 valence electrons. The van der Waals surface area contributed by atoms with E-state index in [1.807, 2.05) is 0 Å². The van der Waals surface area contributed by atoms with E-state index in [4.69, 9.17) is 0 Å². The molecule has 0 saturated heterocycles. The van der Waals surface area contributed by atoms with Gasteiger partial charge in [0.15, 0.2) is 0 Å². The topological polar surface area (TPSA) is 64.0 Å². The Labute approximate surface area is 111 Å². The van der Waals surface area contributed by atoms with Crippen molar-refractivity contribution in [1.82, 2.24) is 9.78 Å². The fraction of sp³-hybridized carbons (Fsp3) is 0.250. The SMILES string of the molecule is Cc1nn(C)c(NS(=O)(=O)c2cccc(F)c2)c1C. The highest BCUT2D eigenvalue weighted by molar-refractivity contribution is 7.92. The van der Waals surface area contributed by atoms with Gasteiger partial charge in [-0.15, -0.1) is 0 Å². The molecule has 0 bridgehead atoms. The second-order valence-electron chi connectivity index (χ2n) is 4.25. The molecule has 0 fully saturated rings. The molecule has 0 saturated carbocycles. The Kier molecular flexibility index (Phi) is 3.32. The van der Waals surface area contributed by atoms with Crippen molar-refractivity contribution in [3.8, 4) is 0 Å². The lowest BCUT2D eigenvalue weighted by Gasteiger charge is -2.09. The van der Waals surface area contributed by atoms with Crippen molar-refractivity contribution in [3.63, 3.8) is 0 Å². The lowest BCUT2D eigenvalue weighted by molar-refractivity contribution is 0.594. The molecular weight excluding hydrogens is 269 g/mol. The summed E-state index contributed by atoms with van der Waals surface area (Å²) in [5, 5.41) is 4.12. The van der Waals surface area contributed by atoms with Gasteiger partial charge in [0.05, 0.1) is 10.6 Å². The van der Waals surface area contributed by atoms with Crippen LogP contribution in [0.5, 0.6) is 0 Å². The monoisotopic (exact) mass is 283 g/mol. The molecule has 2 aromatic rings. The van der Waals surface area contributed by atoms with Gasteiger partial charge in [-0.25, -0.2) is 12.8 Å². The second kappa shape index (κ2) is 4.65. The van der Waals surface area contributed by atoms with Crippen molar-refractivity contribution < 1.29 is 12.8 Å². The normalized spacial score (nSPS) is 11.6. The number of hydrogen-bond donors (Lipinski definition) is 1. The molecule has 2 rings (SSSR count). The Morgan fingerprint density at radius 3 is 2.53 bits per heavy atom. The van der Waals surface area contributed by atoms with Crippen LogP contribution in [0.4, 0.5) is 10.2 Å². The van der Waals surface area contributed by atoms with Gasteiger partial charge in [-0.2, -0.15) is 5.10 Å². The van der Waals surface area contributed by atoms with E-state index >= 15 is 0 Å². The number of nitrogens with zero attached hydrogens (tertiary/aromatic N) is 2. The number of rotatable bonds is 3. The van der Waals surface area contributed by atoms with Crippen LogP contribution in [0.3, 0.4) is 0 Å². The molecule has 0 spiro atoms. The zero-order valence-corrected chi connectivity index (χ0v) is 11.6. The van der Waals surface area contributed by atoms with Crippen LogP contribution in [-0.2, 0) is 17.1 Å². The first-order valence-corrected chi connectivity index (χ1v) is 7.08. The summed E-state index contributed by atoms with van der Waals surface area (Å²) in [6.45, 7) is 3.56. The largest absolute Gasteiger partial charge is 0.263 e. The number of aromatic nitrogens is 2. The van der Waals surface area contributed by atoms with Crippen LogP contribution >= 0.6 is 0 Å². The third-order valence-corrected chi connectivity index (χ3v) is 4.20. The van der Waals surface area contributed by atoms with Crippen molar-refractivity contribution in [2.24, 2.45) is 7.05 Å². The molecule has 0 unspecified atom stereocenters. The molecule has 1 heterocycles. The van der Waals surface area contributed by atoms with Gasteiger partial charge in [0.25, 0.3) is 10.0 Å². The van der Waals surface area contributed by atoms with Crippen LogP contribution in [0.15, 0.2) is 29.2 Å². The number of benzene rings is 1. The highest BCUT2D eigenvalue weighted by atomic mass is 32.2. The maximum absolute atomic E-state index is 13.1. The molecule has 0 aliphatic heterocycles. The lowest BCUT2D eigenvalue weighted by Crippen LogP contribution is -2.16. The molecule has 7 heteroatoms. The van der Waals surface area contributed by atoms with E-state index < -0.39 is 15.8 Å². The van der Waals surface area contributed by atoms with Gasteiger partial charge >= 0.3 is 0 Å². The summed E-state index contributed by atoms with van der Waals surface area (Å²) in [7, 11) is -2.18. The van der Waals surface area contributed by atoms with Gasteiger partial charge in [0.1, 0.15) is 11.6 Å². The maximum atomic E-state index is 13.1. The first-order valence-electron chi connectivity index (χ1n) is 5.60. The first-order chi connectivity index (χ1) is 8.81. The quantitative estimate of drug-likeness (QED) is 0.936. The molecule has 0 aliphatic rings. The summed E-state index contributed by atoms with van der Waals surface area (Å²) in [6.07, 6.45) is 0. The molecule has 1 aromatic carbocycles. The number of aryl methyl sites for hydroxylation is 2. The fourth-order valence-corrected chi connectivity index (χ4v) is 2.91. The molecule has 0 atom stereocenters. The van der Waals surface area contributed by atoms with E-state index in [2.05, 4.69) is 9.82 Å². The van der Waals surface area contributed by atoms with Gasteiger partial charge in [-0.05, 0) is 32.0 Å². The summed E-state index contributed by atoms with van der Waals surface area (Å²) < 4.78 is 41.3. The maximum Gasteiger partial charge on any atom is 0.263 e. The standard InChI is InChI=1S/C12H14FN3O2S/c1-8-9(2)14-16(3)12(8)15-19(17,18)11-6-4-5-10(13)7-11/h4-7,15H,1-3H3. The molecule has 0 aliphatic carbocycles. The Balaban J connectivity index is 2.42. The molecule has 19 heavy (non-hydrogen) atoms. The zero-order chi connectivity index (χ0) is 14.2. The van der Waals surface area contributed by atoms with Gasteiger partial charge in [-0.3, -0.25) is 9.40 Å². The predicted octanol–water partition coefficient (Wildman–Crippen LogP) is 1.98. The molecule has 0 amide bonds. The second-order valence-corrected chi connectivity index (χ2v) is 5.93. The Hall–Kier alpha value is -1.89. The highest BCUT2D eigenvalue weighted by Gasteiger charge is 2.19. The Morgan fingerprint density at radius 1 is 1.32 bits per heavy atom. The Morgan fingerprint density at radius 2 is 2.00 bits per heavy atom. The van der Waals surface area contributed by atoms with Gasteiger partial charge in [-0.1, -0.05) is 6.07 Å². The summed E-state index contributed by atoms with van der Waals surface area (Å²) in [6, 6.07) is 4.86. The van der Waals surface area contributed by atoms with Gasteiger partial charge < -0.3 is 0 Å². The van der Waals surface area contributed by atoms with E-state index in [0.29, 0.717) is 5.82 Å². The predicted molar refractivity (Wildman–Crippen MR) is 69.9 cm³/mol. The van der Waals surface area contributed by atoms with E-state index in [9.17, 15) is 12.8 Å². The molecule has 0 radical (unpaired) electrons. The minimum Gasteiger partial charge on any atom is -0.263 e. The fourth-order valence-electron chi connectivity index (χ4n) is 1.73. The van der Waals surface area contributed by atoms with E-state index in [1.165, 1.54) is 22.9 Å². The molecule has 5 nitrogen and oxygen atoms in total. The number of anilines is 1. The number of sulfonamides is 1. The van der Waals surface area contributed by atoms with Crippen LogP contribution in [0, 0.1) is 19.7 Å². The lowest BCUT2D eigenvalue weighted by atomic mass is 10.3. The number of halogens is 1. The number of hydrogen-bond acceptors (Lipinski definition) is 3. The average Bonchev–Trinajstić information content (AvgIpc) is 2.56. The summed E-state index contributed by atoms with van der Waals surface area (Å²) in [4.78, 5) is -0.120. The van der Waals surface area contributed by atoms with Crippen LogP contribution < -0.4 is 4.72 Å². The van der Waals surface area contributed by atoms with Crippen molar-refractivity contribution in [2.75, 3.05) is 4.72 Å². The summed E-state index contributed by atoms with van der Waals surface area (Å²) in [5.41, 5.74) is 1.47. The van der Waals surface area contributed by atoms with Crippen molar-refractivity contribution in [1.29, 1.82) is 0 Å². The summed E-state index contributed by atoms with van der Waals surface area (Å²) in [5.74, 6) is -0.220. The molecule has 1 aromatic heterocycles. The van der Waals surface area contributed by atoms with E-state index in [-0.39, 0.29) is 4.90 Å². The van der Waals surface area contributed by atoms with Crippen LogP contribution in [0.2, 0.25) is 0 Å². The van der Waals surface area contributed by atoms with Crippen molar-refractivity contribution in [3.05, 3.63) is 41.3 Å². The summed E-state index contributed by atoms with van der Waals surface area (Å²) >= 11 is 0. The van der Waals surface area contributed by atoms with Crippen LogP contribution in [0.1, 0.15) is 11.3 Å². The molecular formula is C12H14FN3O2S. The van der Waals surface area contributed by atoms with E-state index in [0.717, 1.165) is 17.3 Å². The van der Waals surface area contributed by atoms with Crippen molar-refractivity contribution >= 4 is 15.8 Å². The van der Waals surface area contributed by atoms with Gasteiger partial charge in [0, 0.05) is 12.6 Å². The zero-order valence-electron chi connectivity index (χ0n) is 10.8. The third-order valence-electron chi connectivity index (χ3n) is 2.86. The first kappa shape index (κ1) is 13.5. The minimum absolute atomic E-state index is 0.120. The smallest absolute Gasteiger partial charge is 0.263 e. The van der Waals surface area contributed by atoms with E-state index in [1.54, 1.807) is 20.9 Å². The van der Waals surface area contributed by atoms with Crippen molar-refractivity contribution in [2.45, 2.75) is 18.7 Å². The Bertz CT molecular complexity index is 723. The van der Waals surface area contributed by atoms with Gasteiger partial charge in [0.2, 0.25) is 0 Å². The average molecular weight is 283 g/mol. The third kappa shape index (κ3) is 2.60. The highest BCUT2D eigenvalue weighted by Crippen LogP contribution is 2.21. The van der Waals surface area contributed by atoms with Crippen LogP contribution in [0.25, 0.3) is 0 Å². The molecule has 1 N–H and O–H groups in total. The van der Waals surface area contributed by atoms with Crippen LogP contribution in [-0.4, -0.2) is 18.2 Å². The minimum atomic E-state index is -3.82. The number of nitrogens with one attached hydrogen (secondary N) is 1.